The Bertz CT molecular complexity index is 513. The maximum atomic E-state index is 13.7. The summed E-state index contributed by atoms with van der Waals surface area (Å²) >= 11 is 5.69. The molecule has 17 heavy (non-hydrogen) atoms. The first-order chi connectivity index (χ1) is 8.22. The van der Waals surface area contributed by atoms with Crippen molar-refractivity contribution in [3.63, 3.8) is 0 Å². The van der Waals surface area contributed by atoms with E-state index in [2.05, 4.69) is 20.8 Å². The molecule has 0 saturated heterocycles. The molecule has 0 spiro atoms. The molecule has 90 valence electrons. The van der Waals surface area contributed by atoms with Gasteiger partial charge >= 0.3 is 0 Å². The molecule has 1 heterocycles. The lowest BCUT2D eigenvalue weighted by Gasteiger charge is -2.06. The van der Waals surface area contributed by atoms with Crippen molar-refractivity contribution in [2.45, 2.75) is 13.5 Å². The van der Waals surface area contributed by atoms with Crippen LogP contribution < -0.4 is 5.32 Å². The Kier molecular flexibility index (Phi) is 3.65. The highest BCUT2D eigenvalue weighted by Gasteiger charge is 2.11. The molecule has 5 nitrogen and oxygen atoms in total. The minimum absolute atomic E-state index is 0.285. The maximum absolute atomic E-state index is 13.7. The summed E-state index contributed by atoms with van der Waals surface area (Å²) in [5, 5.41) is 14.6. The average molecular weight is 256 g/mol. The van der Waals surface area contributed by atoms with E-state index in [1.165, 1.54) is 10.7 Å². The molecule has 0 fully saturated rings. The van der Waals surface area contributed by atoms with Gasteiger partial charge in [0.2, 0.25) is 0 Å². The first kappa shape index (κ1) is 11.9. The van der Waals surface area contributed by atoms with Gasteiger partial charge in [-0.1, -0.05) is 18.5 Å². The molecule has 7 heteroatoms. The minimum atomic E-state index is -0.456. The van der Waals surface area contributed by atoms with Gasteiger partial charge in [-0.2, -0.15) is 4.68 Å². The van der Waals surface area contributed by atoms with E-state index in [1.807, 2.05) is 6.92 Å². The summed E-state index contributed by atoms with van der Waals surface area (Å²) < 4.78 is 15.1. The van der Waals surface area contributed by atoms with Gasteiger partial charge in [-0.05, 0) is 35.2 Å². The van der Waals surface area contributed by atoms with Crippen molar-refractivity contribution in [1.29, 1.82) is 0 Å². The standard InChI is InChI=1S/C10H11ClFN5/c1-2-13-6-10-14-15-16-17(10)9-4-3-7(11)5-8(9)12/h3-5,13H,2,6H2,1H3. The van der Waals surface area contributed by atoms with Gasteiger partial charge in [0.05, 0.1) is 6.54 Å². The van der Waals surface area contributed by atoms with Gasteiger partial charge in [0.25, 0.3) is 0 Å². The Hall–Kier alpha value is -1.53. The Morgan fingerprint density at radius 3 is 3.00 bits per heavy atom. The number of tetrazole rings is 1. The van der Waals surface area contributed by atoms with Gasteiger partial charge in [-0.25, -0.2) is 4.39 Å². The van der Waals surface area contributed by atoms with Crippen LogP contribution in [0, 0.1) is 5.82 Å². The van der Waals surface area contributed by atoms with Crippen LogP contribution in [0.1, 0.15) is 12.7 Å². The smallest absolute Gasteiger partial charge is 0.170 e. The van der Waals surface area contributed by atoms with Crippen LogP contribution >= 0.6 is 11.6 Å². The Morgan fingerprint density at radius 1 is 1.47 bits per heavy atom. The molecular formula is C10H11ClFN5. The van der Waals surface area contributed by atoms with E-state index in [0.29, 0.717) is 17.4 Å². The van der Waals surface area contributed by atoms with Crippen LogP contribution in [0.2, 0.25) is 5.02 Å². The number of rotatable bonds is 4. The van der Waals surface area contributed by atoms with Crippen LogP contribution in [0.4, 0.5) is 4.39 Å². The van der Waals surface area contributed by atoms with Crippen molar-refractivity contribution < 1.29 is 4.39 Å². The summed E-state index contributed by atoms with van der Waals surface area (Å²) in [5.74, 6) is 0.0932. The third kappa shape index (κ3) is 2.59. The fourth-order valence-electron chi connectivity index (χ4n) is 1.39. The van der Waals surface area contributed by atoms with Crippen LogP contribution in [-0.2, 0) is 6.54 Å². The van der Waals surface area contributed by atoms with Crippen LogP contribution in [0.5, 0.6) is 0 Å². The zero-order chi connectivity index (χ0) is 12.3. The first-order valence-corrected chi connectivity index (χ1v) is 5.53. The molecule has 1 N–H and O–H groups in total. The number of benzene rings is 1. The van der Waals surface area contributed by atoms with Gasteiger partial charge in [0.15, 0.2) is 5.82 Å². The van der Waals surface area contributed by atoms with E-state index in [0.717, 1.165) is 6.54 Å². The summed E-state index contributed by atoms with van der Waals surface area (Å²) in [5.41, 5.74) is 0.285. The van der Waals surface area contributed by atoms with Gasteiger partial charge < -0.3 is 5.32 Å². The zero-order valence-electron chi connectivity index (χ0n) is 9.19. The highest BCUT2D eigenvalue weighted by molar-refractivity contribution is 6.30. The second-order valence-corrected chi connectivity index (χ2v) is 3.82. The molecule has 0 aliphatic rings. The fraction of sp³-hybridized carbons (Fsp3) is 0.300. The van der Waals surface area contributed by atoms with E-state index in [1.54, 1.807) is 12.1 Å². The first-order valence-electron chi connectivity index (χ1n) is 5.15. The summed E-state index contributed by atoms with van der Waals surface area (Å²) in [6.07, 6.45) is 0. The molecule has 2 rings (SSSR count). The van der Waals surface area contributed by atoms with E-state index >= 15 is 0 Å². The highest BCUT2D eigenvalue weighted by atomic mass is 35.5. The number of halogens is 2. The number of nitrogens with one attached hydrogen (secondary N) is 1. The topological polar surface area (TPSA) is 55.6 Å². The third-order valence-corrected chi connectivity index (χ3v) is 2.44. The van der Waals surface area contributed by atoms with Crippen molar-refractivity contribution in [1.82, 2.24) is 25.5 Å². The Labute approximate surface area is 103 Å². The lowest BCUT2D eigenvalue weighted by Crippen LogP contribution is -2.16. The van der Waals surface area contributed by atoms with Crippen LogP contribution in [0.25, 0.3) is 5.69 Å². The van der Waals surface area contributed by atoms with E-state index in [-0.39, 0.29) is 5.69 Å². The van der Waals surface area contributed by atoms with E-state index in [4.69, 9.17) is 11.6 Å². The SMILES string of the molecule is CCNCc1nnnn1-c1ccc(Cl)cc1F. The predicted molar refractivity (Wildman–Crippen MR) is 61.5 cm³/mol. The molecule has 0 saturated carbocycles. The summed E-state index contributed by atoms with van der Waals surface area (Å²) in [6, 6.07) is 4.37. The largest absolute Gasteiger partial charge is 0.310 e. The molecule has 0 unspecified atom stereocenters. The molecule has 0 atom stereocenters. The molecule has 2 aromatic rings. The van der Waals surface area contributed by atoms with Gasteiger partial charge in [0.1, 0.15) is 11.5 Å². The Morgan fingerprint density at radius 2 is 2.29 bits per heavy atom. The van der Waals surface area contributed by atoms with Crippen LogP contribution in [0.15, 0.2) is 18.2 Å². The van der Waals surface area contributed by atoms with Crippen molar-refractivity contribution in [3.05, 3.63) is 34.9 Å². The second-order valence-electron chi connectivity index (χ2n) is 3.38. The molecular weight excluding hydrogens is 245 g/mol. The molecule has 1 aromatic heterocycles. The molecule has 0 amide bonds. The molecule has 0 aliphatic carbocycles. The summed E-state index contributed by atoms with van der Waals surface area (Å²) in [6.45, 7) is 3.23. The van der Waals surface area contributed by atoms with Gasteiger partial charge in [-0.3, -0.25) is 0 Å². The minimum Gasteiger partial charge on any atom is -0.310 e. The lowest BCUT2D eigenvalue weighted by atomic mass is 10.3. The average Bonchev–Trinajstić information content (AvgIpc) is 2.74. The normalized spacial score (nSPS) is 10.8. The van der Waals surface area contributed by atoms with Crippen molar-refractivity contribution >= 4 is 11.6 Å². The quantitative estimate of drug-likeness (QED) is 0.901. The lowest BCUT2D eigenvalue weighted by molar-refractivity contribution is 0.595. The third-order valence-electron chi connectivity index (χ3n) is 2.21. The van der Waals surface area contributed by atoms with Crippen molar-refractivity contribution in [3.8, 4) is 5.69 Å². The maximum Gasteiger partial charge on any atom is 0.170 e. The number of aromatic nitrogens is 4. The zero-order valence-corrected chi connectivity index (χ0v) is 9.95. The molecule has 0 bridgehead atoms. The van der Waals surface area contributed by atoms with Crippen molar-refractivity contribution in [2.24, 2.45) is 0 Å². The number of nitrogens with zero attached hydrogens (tertiary/aromatic N) is 4. The highest BCUT2D eigenvalue weighted by Crippen LogP contribution is 2.18. The second kappa shape index (κ2) is 5.20. The fourth-order valence-corrected chi connectivity index (χ4v) is 1.55. The van der Waals surface area contributed by atoms with Gasteiger partial charge in [-0.15, -0.1) is 5.10 Å². The van der Waals surface area contributed by atoms with Crippen LogP contribution in [-0.4, -0.2) is 26.8 Å². The van der Waals surface area contributed by atoms with E-state index in [9.17, 15) is 4.39 Å². The molecule has 0 aliphatic heterocycles. The monoisotopic (exact) mass is 255 g/mol. The van der Waals surface area contributed by atoms with E-state index < -0.39 is 5.82 Å². The molecule has 0 radical (unpaired) electrons. The van der Waals surface area contributed by atoms with Crippen molar-refractivity contribution in [2.75, 3.05) is 6.54 Å². The Balaban J connectivity index is 2.35. The number of hydrogen-bond donors (Lipinski definition) is 1. The van der Waals surface area contributed by atoms with Crippen LogP contribution in [0.3, 0.4) is 0 Å². The summed E-state index contributed by atoms with van der Waals surface area (Å²) in [7, 11) is 0. The summed E-state index contributed by atoms with van der Waals surface area (Å²) in [4.78, 5) is 0. The predicted octanol–water partition coefficient (Wildman–Crippen LogP) is 1.56. The molecule has 1 aromatic carbocycles. The van der Waals surface area contributed by atoms with Gasteiger partial charge in [0, 0.05) is 5.02 Å². The number of hydrogen-bond acceptors (Lipinski definition) is 4.